The molecule has 59 heavy (non-hydrogen) atoms. The number of hydrogen-bond donors (Lipinski definition) is 3. The average Bonchev–Trinajstić information content (AvgIpc) is 3.74. The minimum Gasteiger partial charge on any atom is -0.460 e. The third kappa shape index (κ3) is 10.8. The highest BCUT2D eigenvalue weighted by Gasteiger charge is 2.46. The molecule has 4 heterocycles. The average molecular weight is 849 g/mol. The van der Waals surface area contributed by atoms with Gasteiger partial charge in [-0.1, -0.05) is 32.9 Å². The van der Waals surface area contributed by atoms with Crippen molar-refractivity contribution in [1.82, 2.24) is 19.1 Å². The molecule has 20 heteroatoms. The van der Waals surface area contributed by atoms with Gasteiger partial charge in [-0.15, -0.1) is 0 Å². The van der Waals surface area contributed by atoms with Gasteiger partial charge in [0.2, 0.25) is 0 Å². The summed E-state index contributed by atoms with van der Waals surface area (Å²) in [5, 5.41) is 10.3. The molecular weight excluding hydrogens is 795 g/mol. The number of phosphoric ester groups is 1. The van der Waals surface area contributed by atoms with Crippen LogP contribution in [0.3, 0.4) is 0 Å². The van der Waals surface area contributed by atoms with E-state index in [0.29, 0.717) is 12.2 Å². The lowest BCUT2D eigenvalue weighted by atomic mass is 9.78. The largest absolute Gasteiger partial charge is 0.475 e. The number of aryl methyl sites for hydroxylation is 4. The molecule has 1 unspecified atom stereocenters. The molecule has 3 N–H and O–H groups in total. The second kappa shape index (κ2) is 18.8. The number of aromatic nitrogens is 4. The van der Waals surface area contributed by atoms with Crippen molar-refractivity contribution in [1.29, 1.82) is 0 Å². The van der Waals surface area contributed by atoms with E-state index in [9.17, 15) is 38.4 Å². The van der Waals surface area contributed by atoms with Gasteiger partial charge in [0.15, 0.2) is 0 Å². The summed E-state index contributed by atoms with van der Waals surface area (Å²) in [5.41, 5.74) is -0.618. The van der Waals surface area contributed by atoms with Crippen LogP contribution in [0.5, 0.6) is 5.75 Å². The fraction of sp³-hybridized carbons (Fsp3) is 0.590. The smallest absolute Gasteiger partial charge is 0.460 e. The maximum atomic E-state index is 14.8. The fourth-order valence-corrected chi connectivity index (χ4v) is 8.59. The first-order valence-electron chi connectivity index (χ1n) is 19.4. The van der Waals surface area contributed by atoms with Gasteiger partial charge in [-0.2, -0.15) is 0 Å². The third-order valence-electron chi connectivity index (χ3n) is 10.3. The number of ether oxygens (including phenoxy) is 4. The second-order valence-corrected chi connectivity index (χ2v) is 17.1. The van der Waals surface area contributed by atoms with Crippen LogP contribution >= 0.6 is 7.82 Å². The van der Waals surface area contributed by atoms with E-state index in [-0.39, 0.29) is 49.4 Å². The van der Waals surface area contributed by atoms with Gasteiger partial charge >= 0.3 is 31.1 Å². The summed E-state index contributed by atoms with van der Waals surface area (Å²) in [6, 6.07) is 3.78. The van der Waals surface area contributed by atoms with Crippen molar-refractivity contribution >= 4 is 19.8 Å². The van der Waals surface area contributed by atoms with E-state index in [4.69, 9.17) is 32.5 Å². The van der Waals surface area contributed by atoms with Gasteiger partial charge in [-0.05, 0) is 57.1 Å². The molecule has 1 aromatic carbocycles. The highest BCUT2D eigenvalue weighted by Crippen LogP contribution is 2.54. The normalized spacial score (nSPS) is 22.9. The Morgan fingerprint density at radius 1 is 0.864 bits per heavy atom. The van der Waals surface area contributed by atoms with Gasteiger partial charge in [0.05, 0.1) is 19.8 Å². The number of phosphoric acid groups is 1. The van der Waals surface area contributed by atoms with E-state index in [2.05, 4.69) is 9.97 Å². The Hall–Kier alpha value is -4.49. The molecule has 2 aliphatic rings. The number of esters is 2. The SMILES string of the molecule is CCCC(=O)Oc1c(C)ccc(C)c1C(C)(C)CCOP(=O)(OC[C@H]1O[C@@H](n2cc(C)c(=O)[nH]c2=O)C[C@@H]1OC(C)=O)O[C@H]1C[C@H](n2cc(C)c(=O)[nH]c2=O)O[C@@H]1CO. The number of aromatic amines is 2. The van der Waals surface area contributed by atoms with Crippen LogP contribution in [0.4, 0.5) is 0 Å². The molecule has 2 saturated heterocycles. The first kappa shape index (κ1) is 45.6. The van der Waals surface area contributed by atoms with Crippen molar-refractivity contribution in [2.45, 2.75) is 130 Å². The molecule has 0 bridgehead atoms. The number of nitrogens with one attached hydrogen (secondary N) is 2. The predicted octanol–water partition coefficient (Wildman–Crippen LogP) is 3.42. The van der Waals surface area contributed by atoms with Crippen LogP contribution in [0.15, 0.2) is 43.7 Å². The maximum absolute atomic E-state index is 14.8. The van der Waals surface area contributed by atoms with Crippen LogP contribution in [0.1, 0.15) is 100 Å². The highest BCUT2D eigenvalue weighted by atomic mass is 31.2. The minimum atomic E-state index is -4.70. The zero-order chi connectivity index (χ0) is 43.4. The van der Waals surface area contributed by atoms with E-state index in [1.54, 1.807) is 0 Å². The van der Waals surface area contributed by atoms with Crippen molar-refractivity contribution < 1.29 is 51.8 Å². The summed E-state index contributed by atoms with van der Waals surface area (Å²) in [4.78, 5) is 78.7. The summed E-state index contributed by atoms with van der Waals surface area (Å²) >= 11 is 0. The molecule has 2 fully saturated rings. The predicted molar refractivity (Wildman–Crippen MR) is 210 cm³/mol. The molecule has 2 aliphatic heterocycles. The molecule has 0 radical (unpaired) electrons. The number of carbonyl (C=O) groups excluding carboxylic acids is 2. The number of nitrogens with zero attached hydrogens (tertiary/aromatic N) is 2. The lowest BCUT2D eigenvalue weighted by Crippen LogP contribution is -2.33. The summed E-state index contributed by atoms with van der Waals surface area (Å²) in [7, 11) is -4.70. The number of aliphatic hydroxyl groups excluding tert-OH is 1. The number of benzene rings is 1. The van der Waals surface area contributed by atoms with Crippen molar-refractivity contribution in [3.8, 4) is 5.75 Å². The number of carbonyl (C=O) groups is 2. The third-order valence-corrected chi connectivity index (χ3v) is 11.8. The van der Waals surface area contributed by atoms with Gasteiger partial charge in [0, 0.05) is 55.3 Å². The lowest BCUT2D eigenvalue weighted by molar-refractivity contribution is -0.150. The Kier molecular flexibility index (Phi) is 14.6. The Balaban J connectivity index is 1.42. The molecule has 19 nitrogen and oxygen atoms in total. The summed E-state index contributed by atoms with van der Waals surface area (Å²) < 4.78 is 58.4. The van der Waals surface area contributed by atoms with Crippen LogP contribution in [-0.4, -0.2) is 80.4 Å². The second-order valence-electron chi connectivity index (χ2n) is 15.5. The number of aliphatic hydroxyl groups is 1. The van der Waals surface area contributed by atoms with E-state index in [1.165, 1.54) is 33.2 Å². The minimum absolute atomic E-state index is 0.0295. The molecule has 2 aromatic heterocycles. The molecule has 0 amide bonds. The Morgan fingerprint density at radius 2 is 1.42 bits per heavy atom. The van der Waals surface area contributed by atoms with Gasteiger partial charge in [0.1, 0.15) is 42.6 Å². The van der Waals surface area contributed by atoms with Crippen molar-refractivity contribution in [3.63, 3.8) is 0 Å². The quantitative estimate of drug-likeness (QED) is 0.100. The van der Waals surface area contributed by atoms with Gasteiger partial charge in [-0.25, -0.2) is 14.2 Å². The van der Waals surface area contributed by atoms with Crippen molar-refractivity contribution in [2.24, 2.45) is 0 Å². The molecule has 0 aliphatic carbocycles. The zero-order valence-corrected chi connectivity index (χ0v) is 35.3. The molecule has 0 spiro atoms. The topological polar surface area (TPSA) is 246 Å². The molecule has 7 atom stereocenters. The van der Waals surface area contributed by atoms with E-state index in [1.807, 2.05) is 46.8 Å². The van der Waals surface area contributed by atoms with Crippen LogP contribution in [0.25, 0.3) is 0 Å². The highest BCUT2D eigenvalue weighted by molar-refractivity contribution is 7.48. The molecule has 3 aromatic rings. The van der Waals surface area contributed by atoms with E-state index in [0.717, 1.165) is 25.8 Å². The Morgan fingerprint density at radius 3 is 1.98 bits per heavy atom. The van der Waals surface area contributed by atoms with Gasteiger partial charge < -0.3 is 24.1 Å². The number of hydrogen-bond acceptors (Lipinski definition) is 15. The number of rotatable bonds is 17. The first-order chi connectivity index (χ1) is 27.7. The molecular formula is C39H53N4O15P. The van der Waals surface area contributed by atoms with Crippen molar-refractivity contribution in [2.75, 3.05) is 19.8 Å². The van der Waals surface area contributed by atoms with Crippen LogP contribution in [0.2, 0.25) is 0 Å². The Bertz CT molecular complexity index is 2310. The van der Waals surface area contributed by atoms with E-state index < -0.39 is 91.8 Å². The van der Waals surface area contributed by atoms with E-state index >= 15 is 0 Å². The summed E-state index contributed by atoms with van der Waals surface area (Å²) in [6.07, 6.45) is -2.96. The fourth-order valence-electron chi connectivity index (χ4n) is 7.20. The molecule has 324 valence electrons. The standard InChI is InChI=1S/C39H53N4O15P/c1-9-10-32(46)57-34-22(3)12-11-21(2)33(34)39(7,8)13-14-52-59(51,58-27-16-31(55-28(27)19-44)43-18-24(5)36(48)41-38(43)50)53-20-29-26(54-25(6)45)15-30(56-29)42-17-23(4)35(47)40-37(42)49/h11-12,17-18,26-31,44H,9-10,13-16,19-20H2,1-8H3,(H,40,47,49)(H,41,48,50)/t26-,27-,28+,29+,30+,31+,59?/m0/s1. The monoisotopic (exact) mass is 848 g/mol. The zero-order valence-electron chi connectivity index (χ0n) is 34.4. The first-order valence-corrected chi connectivity index (χ1v) is 20.8. The van der Waals surface area contributed by atoms with Crippen LogP contribution < -0.4 is 27.2 Å². The van der Waals surface area contributed by atoms with Crippen molar-refractivity contribution in [3.05, 3.63) is 94.0 Å². The number of H-pyrrole nitrogens is 2. The molecule has 5 rings (SSSR count). The Labute approximate surface area is 339 Å². The summed E-state index contributed by atoms with van der Waals surface area (Å²) in [6.45, 7) is 12.2. The van der Waals surface area contributed by atoms with Gasteiger partial charge in [0.25, 0.3) is 11.1 Å². The summed E-state index contributed by atoms with van der Waals surface area (Å²) in [5.74, 6) is -0.608. The lowest BCUT2D eigenvalue weighted by Gasteiger charge is -2.31. The van der Waals surface area contributed by atoms with Crippen LogP contribution in [0, 0.1) is 27.7 Å². The van der Waals surface area contributed by atoms with Crippen LogP contribution in [-0.2, 0) is 47.4 Å². The molecule has 0 saturated carbocycles. The maximum Gasteiger partial charge on any atom is 0.475 e. The van der Waals surface area contributed by atoms with Gasteiger partial charge in [-0.3, -0.25) is 51.9 Å².